The van der Waals surface area contributed by atoms with Gasteiger partial charge in [0.25, 0.3) is 0 Å². The van der Waals surface area contributed by atoms with E-state index in [0.717, 1.165) is 36.0 Å². The highest BCUT2D eigenvalue weighted by Gasteiger charge is 2.22. The second kappa shape index (κ2) is 7.20. The molecular formula is C23H25NO3. The summed E-state index contributed by atoms with van der Waals surface area (Å²) in [7, 11) is 0. The quantitative estimate of drug-likeness (QED) is 0.685. The van der Waals surface area contributed by atoms with Crippen molar-refractivity contribution in [2.75, 3.05) is 13.1 Å². The van der Waals surface area contributed by atoms with Gasteiger partial charge < -0.3 is 9.52 Å². The molecule has 27 heavy (non-hydrogen) atoms. The number of piperidine rings is 1. The van der Waals surface area contributed by atoms with Crippen molar-refractivity contribution in [2.24, 2.45) is 5.92 Å². The zero-order valence-electron chi connectivity index (χ0n) is 15.9. The Morgan fingerprint density at radius 3 is 2.70 bits per heavy atom. The van der Waals surface area contributed by atoms with Crippen molar-refractivity contribution in [2.45, 2.75) is 33.2 Å². The van der Waals surface area contributed by atoms with E-state index in [1.807, 2.05) is 43.3 Å². The van der Waals surface area contributed by atoms with Crippen LogP contribution in [-0.4, -0.2) is 23.1 Å². The van der Waals surface area contributed by atoms with Gasteiger partial charge in [-0.1, -0.05) is 37.3 Å². The van der Waals surface area contributed by atoms with E-state index in [2.05, 4.69) is 11.8 Å². The Morgan fingerprint density at radius 2 is 1.96 bits per heavy atom. The first-order chi connectivity index (χ1) is 13.0. The second-order valence-electron chi connectivity index (χ2n) is 7.68. The summed E-state index contributed by atoms with van der Waals surface area (Å²) in [6.45, 7) is 6.81. The van der Waals surface area contributed by atoms with E-state index < -0.39 is 0 Å². The van der Waals surface area contributed by atoms with Crippen LogP contribution in [0, 0.1) is 12.8 Å². The first kappa shape index (κ1) is 17.8. The minimum atomic E-state index is -0.356. The number of likely N-dealkylation sites (tertiary alicyclic amines) is 1. The van der Waals surface area contributed by atoms with Crippen molar-refractivity contribution in [1.82, 2.24) is 4.90 Å². The Balaban J connectivity index is 1.84. The summed E-state index contributed by atoms with van der Waals surface area (Å²) in [6.07, 6.45) is 2.40. The van der Waals surface area contributed by atoms with Gasteiger partial charge in [0.15, 0.2) is 0 Å². The molecule has 2 aromatic carbocycles. The van der Waals surface area contributed by atoms with Crippen LogP contribution in [0.5, 0.6) is 5.75 Å². The van der Waals surface area contributed by atoms with E-state index in [0.29, 0.717) is 29.2 Å². The highest BCUT2D eigenvalue weighted by Crippen LogP contribution is 2.33. The third-order valence-electron chi connectivity index (χ3n) is 5.60. The van der Waals surface area contributed by atoms with Crippen LogP contribution in [0.2, 0.25) is 0 Å². The number of benzene rings is 2. The Morgan fingerprint density at radius 1 is 1.19 bits per heavy atom. The van der Waals surface area contributed by atoms with Crippen LogP contribution in [-0.2, 0) is 6.54 Å². The number of phenolic OH excluding ortho intramolecular Hbond substituents is 1. The maximum Gasteiger partial charge on any atom is 0.344 e. The Kier molecular flexibility index (Phi) is 4.75. The molecule has 0 aliphatic carbocycles. The normalized spacial score (nSPS) is 18.1. The van der Waals surface area contributed by atoms with Crippen LogP contribution in [0.15, 0.2) is 51.7 Å². The lowest BCUT2D eigenvalue weighted by Crippen LogP contribution is -2.33. The molecule has 1 fully saturated rings. The van der Waals surface area contributed by atoms with E-state index in [-0.39, 0.29) is 11.4 Å². The maximum absolute atomic E-state index is 12.8. The largest absolute Gasteiger partial charge is 0.507 e. The van der Waals surface area contributed by atoms with Gasteiger partial charge in [-0.25, -0.2) is 4.79 Å². The molecule has 0 amide bonds. The molecule has 0 spiro atoms. The lowest BCUT2D eigenvalue weighted by atomic mass is 9.97. The van der Waals surface area contributed by atoms with Gasteiger partial charge in [0.1, 0.15) is 11.3 Å². The highest BCUT2D eigenvalue weighted by molar-refractivity contribution is 5.89. The van der Waals surface area contributed by atoms with Crippen molar-refractivity contribution in [3.8, 4) is 16.9 Å². The number of fused-ring (bicyclic) bond motifs is 1. The van der Waals surface area contributed by atoms with Gasteiger partial charge >= 0.3 is 5.63 Å². The maximum atomic E-state index is 12.8. The molecule has 4 rings (SSSR count). The standard InChI is InChI=1S/C23H25NO3/c1-15-7-6-12-24(13-15)14-19-20(25)11-10-18-16(2)21(23(26)27-22(18)19)17-8-4-3-5-9-17/h3-5,8-11,15,25H,6-7,12-14H2,1-2H3/t15-/m1/s1. The SMILES string of the molecule is Cc1c(-c2ccccc2)c(=O)oc2c(CN3CCC[C@@H](C)C3)c(O)ccc12. The first-order valence-corrected chi connectivity index (χ1v) is 9.60. The predicted molar refractivity (Wildman–Crippen MR) is 108 cm³/mol. The van der Waals surface area contributed by atoms with Crippen LogP contribution in [0.25, 0.3) is 22.1 Å². The van der Waals surface area contributed by atoms with Crippen LogP contribution >= 0.6 is 0 Å². The first-order valence-electron chi connectivity index (χ1n) is 9.60. The average Bonchev–Trinajstić information content (AvgIpc) is 2.65. The fourth-order valence-corrected chi connectivity index (χ4v) is 4.21. The number of nitrogens with zero attached hydrogens (tertiary/aromatic N) is 1. The van der Waals surface area contributed by atoms with Gasteiger partial charge in [-0.2, -0.15) is 0 Å². The molecule has 1 N–H and O–H groups in total. The zero-order chi connectivity index (χ0) is 19.0. The number of aryl methyl sites for hydroxylation is 1. The topological polar surface area (TPSA) is 53.7 Å². The summed E-state index contributed by atoms with van der Waals surface area (Å²) in [5, 5.41) is 11.4. The lowest BCUT2D eigenvalue weighted by molar-refractivity contribution is 0.175. The van der Waals surface area contributed by atoms with Gasteiger partial charge in [0, 0.05) is 18.5 Å². The Bertz CT molecular complexity index is 1020. The van der Waals surface area contributed by atoms with Crippen molar-refractivity contribution in [1.29, 1.82) is 0 Å². The number of phenols is 1. The van der Waals surface area contributed by atoms with Crippen LogP contribution in [0.4, 0.5) is 0 Å². The molecule has 0 radical (unpaired) electrons. The van der Waals surface area contributed by atoms with Crippen LogP contribution in [0.1, 0.15) is 30.9 Å². The third kappa shape index (κ3) is 3.37. The zero-order valence-corrected chi connectivity index (χ0v) is 15.9. The van der Waals surface area contributed by atoms with E-state index in [1.165, 1.54) is 6.42 Å². The van der Waals surface area contributed by atoms with E-state index in [4.69, 9.17) is 4.42 Å². The molecule has 4 heteroatoms. The van der Waals surface area contributed by atoms with Crippen molar-refractivity contribution in [3.63, 3.8) is 0 Å². The number of aromatic hydroxyl groups is 1. The molecule has 2 heterocycles. The van der Waals surface area contributed by atoms with Gasteiger partial charge in [-0.05, 0) is 55.5 Å². The molecule has 0 unspecified atom stereocenters. The lowest BCUT2D eigenvalue weighted by Gasteiger charge is -2.31. The monoisotopic (exact) mass is 363 g/mol. The second-order valence-corrected chi connectivity index (χ2v) is 7.68. The summed E-state index contributed by atoms with van der Waals surface area (Å²) < 4.78 is 5.77. The van der Waals surface area contributed by atoms with Gasteiger partial charge in [0.2, 0.25) is 0 Å². The highest BCUT2D eigenvalue weighted by atomic mass is 16.4. The van der Waals surface area contributed by atoms with Crippen molar-refractivity contribution in [3.05, 3.63) is 64.0 Å². The molecule has 1 saturated heterocycles. The van der Waals surface area contributed by atoms with Gasteiger partial charge in [0.05, 0.1) is 11.1 Å². The Hall–Kier alpha value is -2.59. The summed E-state index contributed by atoms with van der Waals surface area (Å²) >= 11 is 0. The molecule has 1 aromatic heterocycles. The molecule has 0 bridgehead atoms. The Labute approximate surface area is 159 Å². The molecule has 140 valence electrons. The fourth-order valence-electron chi connectivity index (χ4n) is 4.21. The van der Waals surface area contributed by atoms with Crippen LogP contribution in [0.3, 0.4) is 0 Å². The molecule has 3 aromatic rings. The molecule has 1 aliphatic rings. The van der Waals surface area contributed by atoms with Gasteiger partial charge in [-0.15, -0.1) is 0 Å². The molecule has 1 atom stereocenters. The van der Waals surface area contributed by atoms with Crippen LogP contribution < -0.4 is 5.63 Å². The molecule has 4 nitrogen and oxygen atoms in total. The molecule has 1 aliphatic heterocycles. The number of hydrogen-bond acceptors (Lipinski definition) is 4. The minimum absolute atomic E-state index is 0.190. The van der Waals surface area contributed by atoms with E-state index in [1.54, 1.807) is 6.07 Å². The van der Waals surface area contributed by atoms with E-state index in [9.17, 15) is 9.90 Å². The summed E-state index contributed by atoms with van der Waals surface area (Å²) in [4.78, 5) is 15.1. The number of rotatable bonds is 3. The molecule has 0 saturated carbocycles. The predicted octanol–water partition coefficient (Wildman–Crippen LogP) is 4.71. The smallest absolute Gasteiger partial charge is 0.344 e. The van der Waals surface area contributed by atoms with Crippen molar-refractivity contribution < 1.29 is 9.52 Å². The summed E-state index contributed by atoms with van der Waals surface area (Å²) in [5.41, 5.74) is 3.19. The third-order valence-corrected chi connectivity index (χ3v) is 5.60. The number of hydrogen-bond donors (Lipinski definition) is 1. The van der Waals surface area contributed by atoms with E-state index >= 15 is 0 Å². The van der Waals surface area contributed by atoms with Gasteiger partial charge in [-0.3, -0.25) is 4.90 Å². The fraction of sp³-hybridized carbons (Fsp3) is 0.348. The summed E-state index contributed by atoms with van der Waals surface area (Å²) in [5.74, 6) is 0.838. The minimum Gasteiger partial charge on any atom is -0.507 e. The van der Waals surface area contributed by atoms with Crippen molar-refractivity contribution >= 4 is 11.0 Å². The molecular weight excluding hydrogens is 338 g/mol. The summed E-state index contributed by atoms with van der Waals surface area (Å²) in [6, 6.07) is 13.2. The average molecular weight is 363 g/mol.